The Hall–Kier alpha value is -0.520. The highest BCUT2D eigenvalue weighted by atomic mass is 35.5. The fourth-order valence-corrected chi connectivity index (χ4v) is 0.444. The van der Waals surface area contributed by atoms with Crippen molar-refractivity contribution >= 4 is 18.5 Å². The second-order valence-electron chi connectivity index (χ2n) is 3.56. The maximum atomic E-state index is 9.38. The molecule has 2 N–H and O–H groups in total. The molecule has 0 unspecified atom stereocenters. The number of carbonyl (C=O) groups is 1. The molecule has 0 aliphatic heterocycles. The first-order valence-corrected chi connectivity index (χ1v) is 4.19. The predicted octanol–water partition coefficient (Wildman–Crippen LogP) is -0.954. The number of nitrogens with zero attached hydrogens (tertiary/aromatic N) is 1. The lowest BCUT2D eigenvalue weighted by atomic mass is 10.5. The number of carboxylic acid groups (broad SMARTS) is 1. The normalized spacial score (nSPS) is 9.21. The molecular formula is C8H21ClN2O3. The van der Waals surface area contributed by atoms with Crippen molar-refractivity contribution in [3.63, 3.8) is 0 Å². The van der Waals surface area contributed by atoms with Gasteiger partial charge >= 0.3 is 0 Å². The Morgan fingerprint density at radius 3 is 1.86 bits per heavy atom. The minimum absolute atomic E-state index is 0. The molecule has 0 aromatic rings. The lowest BCUT2D eigenvalue weighted by Crippen LogP contribution is -2.36. The third kappa shape index (κ3) is 30.0. The predicted molar refractivity (Wildman–Crippen MR) is 56.3 cm³/mol. The van der Waals surface area contributed by atoms with Crippen LogP contribution in [0.25, 0.3) is 0 Å². The summed E-state index contributed by atoms with van der Waals surface area (Å²) in [5.74, 6) is 0. The van der Waals surface area contributed by atoms with Crippen LogP contribution in [0.15, 0.2) is 0 Å². The largest absolute Gasteiger partial charge is 0.530 e. The van der Waals surface area contributed by atoms with Gasteiger partial charge < -0.3 is 24.8 Å². The van der Waals surface area contributed by atoms with Gasteiger partial charge in [0.25, 0.3) is 0 Å². The van der Waals surface area contributed by atoms with E-state index in [2.05, 4.69) is 21.1 Å². The molecule has 0 rings (SSSR count). The quantitative estimate of drug-likeness (QED) is 0.612. The minimum Gasteiger partial charge on any atom is -0.530 e. The van der Waals surface area contributed by atoms with E-state index in [0.29, 0.717) is 6.54 Å². The first-order chi connectivity index (χ1) is 5.83. The van der Waals surface area contributed by atoms with Gasteiger partial charge in [0.2, 0.25) is 0 Å². The average Bonchev–Trinajstić information content (AvgIpc) is 1.84. The highest BCUT2D eigenvalue weighted by Crippen LogP contribution is 1.84. The summed E-state index contributed by atoms with van der Waals surface area (Å²) in [5.41, 5.74) is 0. The standard InChI is InChI=1S/C5H14NO.C3H7NO2.ClH/c1-6(2,3)4-5-7;1-2-4-3(5)6;/h7H,4-5H2,1-3H3;4H,2H2,1H3,(H,5,6);1H/q+1;;/p-1. The number of hydrogen-bond donors (Lipinski definition) is 2. The molecule has 0 aliphatic carbocycles. The van der Waals surface area contributed by atoms with E-state index in [4.69, 9.17) is 5.11 Å². The van der Waals surface area contributed by atoms with E-state index < -0.39 is 6.09 Å². The summed E-state index contributed by atoms with van der Waals surface area (Å²) < 4.78 is 0.844. The molecule has 88 valence electrons. The first kappa shape index (κ1) is 19.1. The van der Waals surface area contributed by atoms with Crippen LogP contribution in [-0.2, 0) is 0 Å². The maximum Gasteiger partial charge on any atom is 0.134 e. The molecule has 0 fully saturated rings. The summed E-state index contributed by atoms with van der Waals surface area (Å²) >= 11 is 0. The molecule has 0 aromatic heterocycles. The zero-order valence-electron chi connectivity index (χ0n) is 9.24. The third-order valence-electron chi connectivity index (χ3n) is 1.09. The van der Waals surface area contributed by atoms with Crippen LogP contribution >= 0.6 is 12.4 Å². The second kappa shape index (κ2) is 10.6. The van der Waals surface area contributed by atoms with Crippen molar-refractivity contribution in [1.82, 2.24) is 5.32 Å². The van der Waals surface area contributed by atoms with E-state index in [1.165, 1.54) is 0 Å². The Kier molecular flexibility index (Phi) is 14.4. The summed E-state index contributed by atoms with van der Waals surface area (Å²) in [4.78, 5) is 9.38. The fourth-order valence-electron chi connectivity index (χ4n) is 0.444. The number of halogens is 1. The van der Waals surface area contributed by atoms with Crippen molar-refractivity contribution < 1.29 is 19.5 Å². The second-order valence-corrected chi connectivity index (χ2v) is 3.56. The van der Waals surface area contributed by atoms with Crippen LogP contribution in [-0.4, -0.2) is 56.5 Å². The van der Waals surface area contributed by atoms with Gasteiger partial charge in [0, 0.05) is 6.54 Å². The van der Waals surface area contributed by atoms with Gasteiger partial charge in [-0.3, -0.25) is 0 Å². The molecule has 5 nitrogen and oxygen atoms in total. The summed E-state index contributed by atoms with van der Waals surface area (Å²) in [6.07, 6.45) is -1.21. The van der Waals surface area contributed by atoms with Crippen LogP contribution in [0.1, 0.15) is 6.92 Å². The van der Waals surface area contributed by atoms with Crippen LogP contribution < -0.4 is 10.4 Å². The van der Waals surface area contributed by atoms with Crippen molar-refractivity contribution in [2.45, 2.75) is 6.92 Å². The Bertz CT molecular complexity index is 137. The van der Waals surface area contributed by atoms with E-state index >= 15 is 0 Å². The fraction of sp³-hybridized carbons (Fsp3) is 0.875. The zero-order valence-corrected chi connectivity index (χ0v) is 10.1. The summed E-state index contributed by atoms with van der Waals surface area (Å²) in [5, 5.41) is 19.8. The van der Waals surface area contributed by atoms with E-state index in [1.807, 2.05) is 5.32 Å². The molecule has 0 atom stereocenters. The summed E-state index contributed by atoms with van der Waals surface area (Å²) in [7, 11) is 6.16. The van der Waals surface area contributed by atoms with Crippen LogP contribution in [0.5, 0.6) is 0 Å². The van der Waals surface area contributed by atoms with Gasteiger partial charge in [-0.1, -0.05) is 0 Å². The van der Waals surface area contributed by atoms with E-state index in [0.717, 1.165) is 11.0 Å². The molecule has 0 heterocycles. The van der Waals surface area contributed by atoms with Crippen molar-refractivity contribution in [3.8, 4) is 0 Å². The highest BCUT2D eigenvalue weighted by Gasteiger charge is 2.02. The van der Waals surface area contributed by atoms with Crippen molar-refractivity contribution in [3.05, 3.63) is 0 Å². The monoisotopic (exact) mass is 228 g/mol. The molecule has 0 radical (unpaired) electrons. The number of rotatable bonds is 3. The van der Waals surface area contributed by atoms with Crippen LogP contribution in [0.2, 0.25) is 0 Å². The number of amides is 1. The number of carbonyl (C=O) groups excluding carboxylic acids is 1. The van der Waals surface area contributed by atoms with Gasteiger partial charge in [0.15, 0.2) is 0 Å². The van der Waals surface area contributed by atoms with Crippen LogP contribution in [0.3, 0.4) is 0 Å². The number of quaternary nitrogens is 1. The molecule has 14 heavy (non-hydrogen) atoms. The highest BCUT2D eigenvalue weighted by molar-refractivity contribution is 5.85. The Balaban J connectivity index is -0.000000163. The van der Waals surface area contributed by atoms with E-state index in [-0.39, 0.29) is 19.0 Å². The van der Waals surface area contributed by atoms with Crippen molar-refractivity contribution in [2.24, 2.45) is 0 Å². The van der Waals surface area contributed by atoms with E-state index in [9.17, 15) is 9.90 Å². The third-order valence-corrected chi connectivity index (χ3v) is 1.09. The summed E-state index contributed by atoms with van der Waals surface area (Å²) in [6, 6.07) is 0. The number of likely N-dealkylation sites (N-methyl/N-ethyl adjacent to an activating group) is 1. The molecule has 0 saturated heterocycles. The lowest BCUT2D eigenvalue weighted by Gasteiger charge is -2.21. The lowest BCUT2D eigenvalue weighted by molar-refractivity contribution is -0.870. The molecule has 0 bridgehead atoms. The maximum absolute atomic E-state index is 9.38. The Morgan fingerprint density at radius 2 is 1.86 bits per heavy atom. The van der Waals surface area contributed by atoms with Gasteiger partial charge in [-0.2, -0.15) is 0 Å². The van der Waals surface area contributed by atoms with E-state index in [1.54, 1.807) is 6.92 Å². The number of nitrogens with one attached hydrogen (secondary N) is 1. The zero-order chi connectivity index (χ0) is 10.9. The van der Waals surface area contributed by atoms with Crippen molar-refractivity contribution in [1.29, 1.82) is 0 Å². The number of aliphatic hydroxyl groups excluding tert-OH is 1. The first-order valence-electron chi connectivity index (χ1n) is 4.19. The van der Waals surface area contributed by atoms with Gasteiger partial charge in [0.05, 0.1) is 27.7 Å². The van der Waals surface area contributed by atoms with Crippen LogP contribution in [0.4, 0.5) is 4.79 Å². The van der Waals surface area contributed by atoms with Gasteiger partial charge in [-0.25, -0.2) is 0 Å². The molecule has 0 spiro atoms. The molecule has 0 saturated carbocycles. The summed E-state index contributed by atoms with van der Waals surface area (Å²) in [6.45, 7) is 3.22. The molecular weight excluding hydrogens is 208 g/mol. The minimum atomic E-state index is -1.21. The van der Waals surface area contributed by atoms with Crippen LogP contribution in [0, 0.1) is 0 Å². The Morgan fingerprint density at radius 1 is 1.43 bits per heavy atom. The molecule has 1 amide bonds. The SMILES string of the molecule is CCNC(=O)[O-].C[N+](C)(C)CCO.Cl. The van der Waals surface area contributed by atoms with Gasteiger partial charge in [0.1, 0.15) is 12.6 Å². The Labute approximate surface area is 91.7 Å². The number of aliphatic hydroxyl groups is 1. The molecule has 0 aliphatic rings. The van der Waals surface area contributed by atoms with Gasteiger partial charge in [-0.15, -0.1) is 12.4 Å². The molecule has 0 aromatic carbocycles. The number of hydrogen-bond acceptors (Lipinski definition) is 3. The topological polar surface area (TPSA) is 72.4 Å². The van der Waals surface area contributed by atoms with Crippen molar-refractivity contribution in [2.75, 3.05) is 40.8 Å². The molecule has 6 heteroatoms. The smallest absolute Gasteiger partial charge is 0.134 e. The average molecular weight is 229 g/mol. The van der Waals surface area contributed by atoms with Gasteiger partial charge in [-0.05, 0) is 6.92 Å².